The van der Waals surface area contributed by atoms with Gasteiger partial charge in [-0.2, -0.15) is 0 Å². The second-order valence-electron chi connectivity index (χ2n) is 3.22. The van der Waals surface area contributed by atoms with E-state index < -0.39 is 14.0 Å². The summed E-state index contributed by atoms with van der Waals surface area (Å²) in [6.07, 6.45) is 1.27. The lowest BCUT2D eigenvalue weighted by Gasteiger charge is -2.04. The molecule has 0 atom stereocenters. The molecule has 0 aliphatic rings. The minimum atomic E-state index is -3.34. The summed E-state index contributed by atoms with van der Waals surface area (Å²) in [7, 11) is -3.34. The highest BCUT2D eigenvalue weighted by Crippen LogP contribution is 2.14. The number of hydrogen-bond donors (Lipinski definition) is 0. The van der Waals surface area contributed by atoms with Gasteiger partial charge in [-0.25, -0.2) is 8.42 Å². The number of benzene rings is 1. The van der Waals surface area contributed by atoms with Crippen molar-refractivity contribution in [2.24, 2.45) is 0 Å². The quantitative estimate of drug-likeness (QED) is 0.769. The van der Waals surface area contributed by atoms with Gasteiger partial charge in [0.2, 0.25) is 4.17 Å². The summed E-state index contributed by atoms with van der Waals surface area (Å²) in [5.41, 5.74) is 1.12. The molecule has 0 saturated heterocycles. The molecule has 0 radical (unpaired) electrons. The summed E-state index contributed by atoms with van der Waals surface area (Å²) in [6.45, 7) is 0. The monoisotopic (exact) mass is 266 g/mol. The van der Waals surface area contributed by atoms with Crippen molar-refractivity contribution in [1.29, 1.82) is 0 Å². The number of rotatable bonds is 5. The fourth-order valence-electron chi connectivity index (χ4n) is 1.21. The summed E-state index contributed by atoms with van der Waals surface area (Å²) in [6, 6.07) is 9.70. The zero-order chi connectivity index (χ0) is 11.3. The van der Waals surface area contributed by atoms with E-state index in [1.807, 2.05) is 30.3 Å². The molecule has 1 aromatic rings. The van der Waals surface area contributed by atoms with Crippen LogP contribution in [0.5, 0.6) is 0 Å². The van der Waals surface area contributed by atoms with Gasteiger partial charge in [0, 0.05) is 0 Å². The molecule has 0 bridgehead atoms. The molecule has 0 N–H and O–H groups in total. The third-order valence-corrected chi connectivity index (χ3v) is 5.04. The van der Waals surface area contributed by atoms with Crippen LogP contribution in [0.3, 0.4) is 0 Å². The molecule has 84 valence electrons. The normalized spacial score (nSPS) is 11.9. The van der Waals surface area contributed by atoms with Gasteiger partial charge in [-0.15, -0.1) is 0 Å². The second-order valence-corrected chi connectivity index (χ2v) is 7.04. The lowest BCUT2D eigenvalue weighted by Crippen LogP contribution is -2.14. The third-order valence-electron chi connectivity index (χ3n) is 2.01. The van der Waals surface area contributed by atoms with Crippen molar-refractivity contribution < 1.29 is 8.42 Å². The van der Waals surface area contributed by atoms with Crippen LogP contribution in [0.1, 0.15) is 12.0 Å². The highest BCUT2D eigenvalue weighted by Gasteiger charge is 2.19. The fourth-order valence-corrected chi connectivity index (χ4v) is 2.47. The Bertz CT molecular complexity index is 387. The van der Waals surface area contributed by atoms with Gasteiger partial charge in [0.15, 0.2) is 9.84 Å². The lowest BCUT2D eigenvalue weighted by molar-refractivity contribution is 0.596. The Morgan fingerprint density at radius 3 is 2.27 bits per heavy atom. The third kappa shape index (κ3) is 4.41. The Kier molecular flexibility index (Phi) is 4.90. The van der Waals surface area contributed by atoms with Gasteiger partial charge in [-0.1, -0.05) is 53.5 Å². The smallest absolute Gasteiger partial charge is 0.207 e. The summed E-state index contributed by atoms with van der Waals surface area (Å²) in [5.74, 6) is 0.0273. The highest BCUT2D eigenvalue weighted by molar-refractivity contribution is 7.94. The molecule has 0 heterocycles. The molecule has 15 heavy (non-hydrogen) atoms. The van der Waals surface area contributed by atoms with Crippen LogP contribution < -0.4 is 0 Å². The molecular weight excluding hydrogens is 255 g/mol. The van der Waals surface area contributed by atoms with E-state index >= 15 is 0 Å². The molecule has 0 aliphatic heterocycles. The van der Waals surface area contributed by atoms with Gasteiger partial charge in [0.05, 0.1) is 5.75 Å². The molecule has 0 amide bonds. The first-order valence-corrected chi connectivity index (χ1v) is 7.15. The van der Waals surface area contributed by atoms with Crippen molar-refractivity contribution in [3.8, 4) is 0 Å². The number of hydrogen-bond acceptors (Lipinski definition) is 2. The molecule has 0 spiro atoms. The molecule has 0 unspecified atom stereocenters. The number of halogens is 2. The van der Waals surface area contributed by atoms with Crippen molar-refractivity contribution in [3.63, 3.8) is 0 Å². The van der Waals surface area contributed by atoms with E-state index in [1.54, 1.807) is 0 Å². The second kappa shape index (κ2) is 5.73. The van der Waals surface area contributed by atoms with Crippen LogP contribution in [-0.2, 0) is 16.3 Å². The first-order chi connectivity index (χ1) is 7.02. The van der Waals surface area contributed by atoms with E-state index in [2.05, 4.69) is 0 Å². The SMILES string of the molecule is O=S(=O)(CCCc1ccccc1)C(Cl)Cl. The molecule has 0 saturated carbocycles. The zero-order valence-electron chi connectivity index (χ0n) is 8.07. The minimum Gasteiger partial charge on any atom is -0.226 e. The van der Waals surface area contributed by atoms with Crippen LogP contribution >= 0.6 is 23.2 Å². The maximum atomic E-state index is 11.3. The average molecular weight is 267 g/mol. The lowest BCUT2D eigenvalue weighted by atomic mass is 10.1. The Hall–Kier alpha value is -0.250. The van der Waals surface area contributed by atoms with Gasteiger partial charge in [-0.3, -0.25) is 0 Å². The first kappa shape index (κ1) is 12.8. The van der Waals surface area contributed by atoms with E-state index in [4.69, 9.17) is 23.2 Å². The Balaban J connectivity index is 2.41. The summed E-state index contributed by atoms with van der Waals surface area (Å²) in [4.78, 5) is 0. The summed E-state index contributed by atoms with van der Waals surface area (Å²) in [5, 5.41) is 0. The van der Waals surface area contributed by atoms with Crippen molar-refractivity contribution in [2.75, 3.05) is 5.75 Å². The molecule has 5 heteroatoms. The van der Waals surface area contributed by atoms with E-state index in [0.29, 0.717) is 6.42 Å². The van der Waals surface area contributed by atoms with Gasteiger partial charge in [0.25, 0.3) is 0 Å². The largest absolute Gasteiger partial charge is 0.226 e. The molecule has 0 fully saturated rings. The van der Waals surface area contributed by atoms with Crippen molar-refractivity contribution in [2.45, 2.75) is 17.0 Å². The van der Waals surface area contributed by atoms with Gasteiger partial charge in [0.1, 0.15) is 0 Å². The van der Waals surface area contributed by atoms with Gasteiger partial charge in [-0.05, 0) is 18.4 Å². The predicted molar refractivity (Wildman–Crippen MR) is 64.0 cm³/mol. The Morgan fingerprint density at radius 2 is 1.73 bits per heavy atom. The molecule has 2 nitrogen and oxygen atoms in total. The van der Waals surface area contributed by atoms with Crippen LogP contribution in [-0.4, -0.2) is 18.3 Å². The number of aryl methyl sites for hydroxylation is 1. The summed E-state index contributed by atoms with van der Waals surface area (Å²) < 4.78 is 21.2. The van der Waals surface area contributed by atoms with Crippen molar-refractivity contribution in [3.05, 3.63) is 35.9 Å². The van der Waals surface area contributed by atoms with Crippen LogP contribution in [0, 0.1) is 0 Å². The Morgan fingerprint density at radius 1 is 1.13 bits per heavy atom. The van der Waals surface area contributed by atoms with Crippen molar-refractivity contribution in [1.82, 2.24) is 0 Å². The van der Waals surface area contributed by atoms with Crippen molar-refractivity contribution >= 4 is 33.0 Å². The van der Waals surface area contributed by atoms with Crippen LogP contribution in [0.4, 0.5) is 0 Å². The number of sulfone groups is 1. The van der Waals surface area contributed by atoms with Crippen LogP contribution in [0.2, 0.25) is 0 Å². The Labute approximate surface area is 100 Å². The first-order valence-electron chi connectivity index (χ1n) is 4.56. The fraction of sp³-hybridized carbons (Fsp3) is 0.400. The van der Waals surface area contributed by atoms with E-state index in [9.17, 15) is 8.42 Å². The van der Waals surface area contributed by atoms with Gasteiger partial charge >= 0.3 is 0 Å². The molecule has 0 aromatic heterocycles. The standard InChI is InChI=1S/C10H12Cl2O2S/c11-10(12)15(13,14)8-4-7-9-5-2-1-3-6-9/h1-3,5-6,10H,4,7-8H2. The summed E-state index contributed by atoms with van der Waals surface area (Å²) >= 11 is 10.7. The zero-order valence-corrected chi connectivity index (χ0v) is 10.4. The molecule has 1 aromatic carbocycles. The average Bonchev–Trinajstić information content (AvgIpc) is 2.19. The maximum Gasteiger partial charge on any atom is 0.207 e. The van der Waals surface area contributed by atoms with E-state index in [-0.39, 0.29) is 5.75 Å². The maximum absolute atomic E-state index is 11.3. The topological polar surface area (TPSA) is 34.1 Å². The van der Waals surface area contributed by atoms with Crippen LogP contribution in [0.15, 0.2) is 30.3 Å². The highest BCUT2D eigenvalue weighted by atomic mass is 35.5. The molecule has 1 rings (SSSR count). The minimum absolute atomic E-state index is 0.0273. The predicted octanol–water partition coefficient (Wildman–Crippen LogP) is 2.80. The van der Waals surface area contributed by atoms with E-state index in [1.165, 1.54) is 0 Å². The molecule has 0 aliphatic carbocycles. The molecular formula is C10H12Cl2O2S. The van der Waals surface area contributed by atoms with E-state index in [0.717, 1.165) is 12.0 Å². The van der Waals surface area contributed by atoms with Crippen LogP contribution in [0.25, 0.3) is 0 Å². The van der Waals surface area contributed by atoms with Gasteiger partial charge < -0.3 is 0 Å². The number of alkyl halides is 2.